The molecule has 0 saturated carbocycles. The van der Waals surface area contributed by atoms with Crippen LogP contribution in [-0.2, 0) is 7.05 Å². The van der Waals surface area contributed by atoms with E-state index >= 15 is 0 Å². The number of thioether (sulfide) groups is 1. The summed E-state index contributed by atoms with van der Waals surface area (Å²) < 4.78 is 1.69. The zero-order valence-corrected chi connectivity index (χ0v) is 9.55. The van der Waals surface area contributed by atoms with Gasteiger partial charge in [0.25, 0.3) is 0 Å². The van der Waals surface area contributed by atoms with Crippen LogP contribution in [-0.4, -0.2) is 39.0 Å². The van der Waals surface area contributed by atoms with Gasteiger partial charge >= 0.3 is 0 Å². The number of nitrogens with zero attached hydrogens (tertiary/aromatic N) is 4. The molecule has 1 N–H and O–H groups in total. The van der Waals surface area contributed by atoms with Gasteiger partial charge in [-0.25, -0.2) is 4.68 Å². The van der Waals surface area contributed by atoms with Crippen molar-refractivity contribution in [1.29, 1.82) is 0 Å². The van der Waals surface area contributed by atoms with Gasteiger partial charge in [0.2, 0.25) is 5.16 Å². The number of aryl methyl sites for hydroxylation is 1. The van der Waals surface area contributed by atoms with Crippen molar-refractivity contribution in [2.24, 2.45) is 7.05 Å². The van der Waals surface area contributed by atoms with Crippen LogP contribution < -0.4 is 5.32 Å². The van der Waals surface area contributed by atoms with Gasteiger partial charge in [0.1, 0.15) is 0 Å². The summed E-state index contributed by atoms with van der Waals surface area (Å²) >= 11 is 1.68. The second kappa shape index (κ2) is 6.78. The molecule has 1 heterocycles. The summed E-state index contributed by atoms with van der Waals surface area (Å²) in [5.74, 6) is 1.01. The molecule has 0 fully saturated rings. The molecule has 0 spiro atoms. The van der Waals surface area contributed by atoms with Crippen LogP contribution in [0.25, 0.3) is 0 Å². The monoisotopic (exact) mass is 215 g/mol. The molecule has 0 radical (unpaired) electrons. The number of rotatable bonds is 7. The smallest absolute Gasteiger partial charge is 0.209 e. The van der Waals surface area contributed by atoms with Crippen LogP contribution in [0.1, 0.15) is 19.8 Å². The Morgan fingerprint density at radius 3 is 2.93 bits per heavy atom. The number of tetrazole rings is 1. The molecule has 1 aromatic heterocycles. The van der Waals surface area contributed by atoms with Crippen LogP contribution in [0.5, 0.6) is 0 Å². The lowest BCUT2D eigenvalue weighted by atomic mass is 10.3. The highest BCUT2D eigenvalue weighted by molar-refractivity contribution is 7.99. The second-order valence-corrected chi connectivity index (χ2v) is 4.10. The van der Waals surface area contributed by atoms with E-state index in [0.717, 1.165) is 24.0 Å². The van der Waals surface area contributed by atoms with Crippen molar-refractivity contribution in [3.63, 3.8) is 0 Å². The van der Waals surface area contributed by atoms with Gasteiger partial charge in [-0.2, -0.15) is 0 Å². The molecule has 0 amide bonds. The first kappa shape index (κ1) is 11.5. The Bertz CT molecular complexity index is 250. The molecule has 1 aromatic rings. The largest absolute Gasteiger partial charge is 0.316 e. The second-order valence-electron chi connectivity index (χ2n) is 3.04. The Hall–Kier alpha value is -0.620. The molecule has 0 aliphatic rings. The first-order valence-electron chi connectivity index (χ1n) is 4.90. The van der Waals surface area contributed by atoms with Gasteiger partial charge in [0.05, 0.1) is 0 Å². The first-order valence-corrected chi connectivity index (χ1v) is 5.89. The molecule has 0 bridgehead atoms. The van der Waals surface area contributed by atoms with E-state index in [1.54, 1.807) is 16.4 Å². The van der Waals surface area contributed by atoms with Crippen molar-refractivity contribution in [3.05, 3.63) is 0 Å². The van der Waals surface area contributed by atoms with Gasteiger partial charge < -0.3 is 5.32 Å². The normalized spacial score (nSPS) is 10.7. The fourth-order valence-electron chi connectivity index (χ4n) is 0.985. The number of hydrogen-bond acceptors (Lipinski definition) is 5. The molecule has 5 nitrogen and oxygen atoms in total. The maximum atomic E-state index is 3.89. The molecule has 0 saturated heterocycles. The van der Waals surface area contributed by atoms with Crippen molar-refractivity contribution in [2.75, 3.05) is 18.8 Å². The summed E-state index contributed by atoms with van der Waals surface area (Å²) in [4.78, 5) is 0. The summed E-state index contributed by atoms with van der Waals surface area (Å²) in [7, 11) is 1.85. The van der Waals surface area contributed by atoms with E-state index in [9.17, 15) is 0 Å². The highest BCUT2D eigenvalue weighted by Gasteiger charge is 2.00. The maximum Gasteiger partial charge on any atom is 0.209 e. The summed E-state index contributed by atoms with van der Waals surface area (Å²) in [5.41, 5.74) is 0. The minimum absolute atomic E-state index is 0.877. The molecular weight excluding hydrogens is 198 g/mol. The molecular formula is C8H17N5S. The molecule has 0 aromatic carbocycles. The topological polar surface area (TPSA) is 55.6 Å². The summed E-state index contributed by atoms with van der Waals surface area (Å²) in [6.07, 6.45) is 2.49. The Balaban J connectivity index is 2.02. The van der Waals surface area contributed by atoms with Crippen LogP contribution in [0.2, 0.25) is 0 Å². The molecule has 0 aliphatic heterocycles. The zero-order valence-electron chi connectivity index (χ0n) is 8.73. The van der Waals surface area contributed by atoms with E-state index in [2.05, 4.69) is 27.8 Å². The molecule has 6 heteroatoms. The standard InChI is InChI=1S/C8H17N5S/c1-3-4-5-9-6-7-14-8-10-11-12-13(8)2/h9H,3-7H2,1-2H3. The molecule has 0 atom stereocenters. The predicted molar refractivity (Wildman–Crippen MR) is 57.3 cm³/mol. The molecule has 0 unspecified atom stereocenters. The fourth-order valence-corrected chi connectivity index (χ4v) is 1.73. The Labute approximate surface area is 88.6 Å². The van der Waals surface area contributed by atoms with Gasteiger partial charge in [-0.15, -0.1) is 5.10 Å². The SMILES string of the molecule is CCCCNCCSc1nnnn1C. The van der Waals surface area contributed by atoms with Gasteiger partial charge in [0.15, 0.2) is 0 Å². The summed E-state index contributed by atoms with van der Waals surface area (Å²) in [6.45, 7) is 4.31. The predicted octanol–water partition coefficient (Wildman–Crippen LogP) is 0.692. The van der Waals surface area contributed by atoms with Crippen LogP contribution in [0.4, 0.5) is 0 Å². The molecule has 1 rings (SSSR count). The lowest BCUT2D eigenvalue weighted by Crippen LogP contribution is -2.18. The molecule has 0 aliphatic carbocycles. The minimum Gasteiger partial charge on any atom is -0.316 e. The van der Waals surface area contributed by atoms with Crippen molar-refractivity contribution in [3.8, 4) is 0 Å². The third-order valence-electron chi connectivity index (χ3n) is 1.80. The van der Waals surface area contributed by atoms with Gasteiger partial charge in [-0.1, -0.05) is 25.1 Å². The highest BCUT2D eigenvalue weighted by Crippen LogP contribution is 2.10. The number of unbranched alkanes of at least 4 members (excludes halogenated alkanes) is 1. The van der Waals surface area contributed by atoms with Crippen molar-refractivity contribution in [2.45, 2.75) is 24.9 Å². The lowest BCUT2D eigenvalue weighted by molar-refractivity contribution is 0.657. The number of hydrogen-bond donors (Lipinski definition) is 1. The van der Waals surface area contributed by atoms with Crippen LogP contribution in [0.15, 0.2) is 5.16 Å². The zero-order chi connectivity index (χ0) is 10.2. The van der Waals surface area contributed by atoms with E-state index in [1.165, 1.54) is 12.8 Å². The van der Waals surface area contributed by atoms with Gasteiger partial charge in [-0.05, 0) is 23.4 Å². The van der Waals surface area contributed by atoms with E-state index in [1.807, 2.05) is 7.05 Å². The first-order chi connectivity index (χ1) is 6.84. The average molecular weight is 215 g/mol. The molecule has 14 heavy (non-hydrogen) atoms. The minimum atomic E-state index is 0.877. The Morgan fingerprint density at radius 2 is 2.29 bits per heavy atom. The van der Waals surface area contributed by atoms with E-state index < -0.39 is 0 Å². The van der Waals surface area contributed by atoms with Gasteiger partial charge in [-0.3, -0.25) is 0 Å². The van der Waals surface area contributed by atoms with Crippen LogP contribution in [0, 0.1) is 0 Å². The number of nitrogens with one attached hydrogen (secondary N) is 1. The van der Waals surface area contributed by atoms with Crippen LogP contribution >= 0.6 is 11.8 Å². The van der Waals surface area contributed by atoms with Gasteiger partial charge in [0, 0.05) is 19.3 Å². The van der Waals surface area contributed by atoms with Crippen molar-refractivity contribution >= 4 is 11.8 Å². The van der Waals surface area contributed by atoms with E-state index in [4.69, 9.17) is 0 Å². The Morgan fingerprint density at radius 1 is 1.43 bits per heavy atom. The number of aromatic nitrogens is 4. The summed E-state index contributed by atoms with van der Waals surface area (Å²) in [5, 5.41) is 15.5. The van der Waals surface area contributed by atoms with Crippen molar-refractivity contribution < 1.29 is 0 Å². The van der Waals surface area contributed by atoms with E-state index in [-0.39, 0.29) is 0 Å². The third-order valence-corrected chi connectivity index (χ3v) is 2.81. The highest BCUT2D eigenvalue weighted by atomic mass is 32.2. The third kappa shape index (κ3) is 4.06. The summed E-state index contributed by atoms with van der Waals surface area (Å²) in [6, 6.07) is 0. The van der Waals surface area contributed by atoms with E-state index in [0.29, 0.717) is 0 Å². The molecule has 80 valence electrons. The quantitative estimate of drug-likeness (QED) is 0.536. The average Bonchev–Trinajstić information content (AvgIpc) is 2.58. The fraction of sp³-hybridized carbons (Fsp3) is 0.875. The van der Waals surface area contributed by atoms with Crippen molar-refractivity contribution in [1.82, 2.24) is 25.5 Å². The maximum absolute atomic E-state index is 3.89. The lowest BCUT2D eigenvalue weighted by Gasteiger charge is -2.02. The van der Waals surface area contributed by atoms with Crippen LogP contribution in [0.3, 0.4) is 0 Å². The Kier molecular flexibility index (Phi) is 5.55.